The van der Waals surface area contributed by atoms with E-state index in [9.17, 15) is 35.4 Å². The summed E-state index contributed by atoms with van der Waals surface area (Å²) in [5.41, 5.74) is 9.60. The van der Waals surface area contributed by atoms with Gasteiger partial charge in [0.15, 0.2) is 0 Å². The number of aromatic amines is 1. The van der Waals surface area contributed by atoms with Crippen LogP contribution in [0.15, 0.2) is 97.2 Å². The molecule has 1 fully saturated rings. The molecular weight excluding hydrogens is 779 g/mol. The number of aliphatic hydroxyl groups is 3. The Hall–Kier alpha value is -4.90. The van der Waals surface area contributed by atoms with E-state index >= 15 is 0 Å². The number of aliphatic carboxylic acids is 1. The number of nitrogen functional groups attached to an aromatic ring is 1. The van der Waals surface area contributed by atoms with E-state index in [1.807, 2.05) is 66.7 Å². The van der Waals surface area contributed by atoms with E-state index in [1.165, 1.54) is 25.3 Å². The van der Waals surface area contributed by atoms with Crippen LogP contribution in [0.4, 0.5) is 5.82 Å². The summed E-state index contributed by atoms with van der Waals surface area (Å²) in [6.07, 6.45) is 20.2. The first-order chi connectivity index (χ1) is 29.9. The Morgan fingerprint density at radius 1 is 0.935 bits per heavy atom. The van der Waals surface area contributed by atoms with Crippen molar-refractivity contribution in [3.8, 4) is 22.8 Å². The number of carbonyl (C=O) groups is 1. The lowest BCUT2D eigenvalue weighted by Gasteiger charge is -2.42. The van der Waals surface area contributed by atoms with Gasteiger partial charge in [-0.05, 0) is 129 Å². The minimum absolute atomic E-state index is 0.0573. The number of nitrogens with two attached hydrogens (primary N) is 1. The van der Waals surface area contributed by atoms with E-state index in [1.54, 1.807) is 12.3 Å². The minimum atomic E-state index is -1.23. The predicted octanol–water partition coefficient (Wildman–Crippen LogP) is 8.52. The number of fused-ring (bicyclic) bond motifs is 1. The van der Waals surface area contributed by atoms with E-state index < -0.39 is 29.5 Å². The molecule has 4 aromatic rings. The molecule has 0 radical (unpaired) electrons. The highest BCUT2D eigenvalue weighted by atomic mass is 16.4. The number of nitrogens with one attached hydrogen (secondary N) is 1. The lowest BCUT2D eigenvalue weighted by Crippen LogP contribution is -2.48. The van der Waals surface area contributed by atoms with Crippen LogP contribution in [0.1, 0.15) is 106 Å². The number of nitrogens with zero attached hydrogens (tertiary/aromatic N) is 1. The largest absolute Gasteiger partial charge is 0.872 e. The van der Waals surface area contributed by atoms with Crippen LogP contribution in [0, 0.1) is 41.4 Å². The molecule has 1 saturated carbocycles. The van der Waals surface area contributed by atoms with Crippen LogP contribution in [0.2, 0.25) is 0 Å². The molecule has 0 bridgehead atoms. The third-order valence-electron chi connectivity index (χ3n) is 14.3. The third kappa shape index (κ3) is 10.8. The molecular formula is C52H66N3O7-. The Morgan fingerprint density at radius 2 is 1.74 bits per heavy atom. The fraction of sp³-hybridized carbons (Fsp3) is 0.500. The number of anilines is 1. The smallest absolute Gasteiger partial charge is 0.309 e. The topological polar surface area (TPSA) is 196 Å². The minimum Gasteiger partial charge on any atom is -0.872 e. The van der Waals surface area contributed by atoms with E-state index in [4.69, 9.17) is 5.73 Å². The highest BCUT2D eigenvalue weighted by molar-refractivity contribution is 5.71. The highest BCUT2D eigenvalue weighted by Gasteiger charge is 2.55. The van der Waals surface area contributed by atoms with Crippen molar-refractivity contribution in [1.82, 2.24) is 9.97 Å². The Bertz CT molecular complexity index is 2150. The molecule has 3 aliphatic carbocycles. The molecule has 2 aromatic carbocycles. The number of hydrogen-bond acceptors (Lipinski definition) is 8. The highest BCUT2D eigenvalue weighted by Crippen LogP contribution is 2.54. The van der Waals surface area contributed by atoms with Crippen molar-refractivity contribution in [2.45, 2.75) is 121 Å². The second-order valence-electron chi connectivity index (χ2n) is 18.7. The lowest BCUT2D eigenvalue weighted by atomic mass is 9.68. The first kappa shape index (κ1) is 45.1. The molecule has 332 valence electrons. The predicted molar refractivity (Wildman–Crippen MR) is 241 cm³/mol. The number of aromatic nitrogens is 2. The molecule has 0 saturated heterocycles. The van der Waals surface area contributed by atoms with Crippen LogP contribution < -0.4 is 10.8 Å². The summed E-state index contributed by atoms with van der Waals surface area (Å²) < 4.78 is 0. The zero-order valence-electron chi connectivity index (χ0n) is 36.1. The van der Waals surface area contributed by atoms with Gasteiger partial charge in [-0.15, -0.1) is 5.75 Å². The number of rotatable bonds is 20. The van der Waals surface area contributed by atoms with Crippen molar-refractivity contribution >= 4 is 11.8 Å². The van der Waals surface area contributed by atoms with Gasteiger partial charge in [-0.3, -0.25) is 4.79 Å². The number of carboxylic acid groups (broad SMARTS) is 1. The van der Waals surface area contributed by atoms with Gasteiger partial charge in [-0.25, -0.2) is 4.98 Å². The monoisotopic (exact) mass is 844 g/mol. The molecule has 2 heterocycles. The fourth-order valence-corrected chi connectivity index (χ4v) is 11.0. The van der Waals surface area contributed by atoms with E-state index in [2.05, 4.69) is 29.0 Å². The summed E-state index contributed by atoms with van der Waals surface area (Å²) in [6, 6.07) is 20.3. The van der Waals surface area contributed by atoms with Crippen molar-refractivity contribution in [3.05, 3.63) is 120 Å². The molecule has 62 heavy (non-hydrogen) atoms. The molecule has 10 nitrogen and oxygen atoms in total. The number of allylic oxidation sites excluding steroid dienone is 1. The summed E-state index contributed by atoms with van der Waals surface area (Å²) in [4.78, 5) is 20.4. The van der Waals surface area contributed by atoms with Gasteiger partial charge in [0, 0.05) is 40.9 Å². The summed E-state index contributed by atoms with van der Waals surface area (Å²) in [7, 11) is 0. The van der Waals surface area contributed by atoms with Gasteiger partial charge in [0.25, 0.3) is 0 Å². The van der Waals surface area contributed by atoms with Gasteiger partial charge < -0.3 is 41.4 Å². The van der Waals surface area contributed by atoms with Crippen LogP contribution in [0.5, 0.6) is 11.5 Å². The summed E-state index contributed by atoms with van der Waals surface area (Å²) in [5, 5.41) is 69.6. The molecule has 8 N–H and O–H groups in total. The Kier molecular flexibility index (Phi) is 14.9. The van der Waals surface area contributed by atoms with Crippen molar-refractivity contribution < 1.29 is 35.4 Å². The number of hydrogen-bond donors (Lipinski definition) is 7. The molecule has 0 aliphatic heterocycles. The molecule has 10 heteroatoms. The summed E-state index contributed by atoms with van der Waals surface area (Å²) in [6.45, 7) is 2.20. The van der Waals surface area contributed by atoms with Crippen LogP contribution in [-0.2, 0) is 24.1 Å². The first-order valence-electron chi connectivity index (χ1n) is 23.0. The number of aromatic hydroxyl groups is 1. The van der Waals surface area contributed by atoms with Gasteiger partial charge in [-0.1, -0.05) is 100 Å². The van der Waals surface area contributed by atoms with Crippen molar-refractivity contribution in [2.75, 3.05) is 5.73 Å². The average molecular weight is 845 g/mol. The normalized spacial score (nSPS) is 26.6. The molecule has 0 spiro atoms. The van der Waals surface area contributed by atoms with E-state index in [-0.39, 0.29) is 47.7 Å². The van der Waals surface area contributed by atoms with Crippen molar-refractivity contribution in [1.29, 1.82) is 0 Å². The maximum atomic E-state index is 13.2. The standard InChI is InChI=1S/C52H67N3O7/c1-2-3-6-11-34-16-17-36(47(57)26-34)14-9-5-10-15-42(51(60)61)50(59)37-18-20-45-38(24-35-22-23-54-49(53)27-35)28-39(52(45,62)32-37)29-40-19-21-46(55-40)43-30-41(56)31-48(58)44(43)25-33-12-7-4-8-13-33/h4,7-8,12-13,16-23,27,30-31,34,36-39,42,45,47,50,55-59,62H,2-3,5-6,9-11,14-15,24-26,28-29,32H2,1H3,(H2,53,54)(H,60,61)/p-1/t34-,36-,37-,38+,39+,42+,45+,47-,50-,52+/m1/s1. The van der Waals surface area contributed by atoms with Crippen LogP contribution in [0.25, 0.3) is 11.3 Å². The number of phenolic OH excluding ortho intramolecular Hbond substituents is 1. The van der Waals surface area contributed by atoms with Crippen molar-refractivity contribution in [3.63, 3.8) is 0 Å². The van der Waals surface area contributed by atoms with Gasteiger partial charge in [-0.2, -0.15) is 0 Å². The Balaban J connectivity index is 1.04. The second kappa shape index (κ2) is 20.5. The maximum Gasteiger partial charge on any atom is 0.309 e. The van der Waals surface area contributed by atoms with Crippen LogP contribution in [0.3, 0.4) is 0 Å². The molecule has 10 atom stereocenters. The van der Waals surface area contributed by atoms with Gasteiger partial charge >= 0.3 is 5.97 Å². The first-order valence-corrected chi connectivity index (χ1v) is 23.0. The average Bonchev–Trinajstić information content (AvgIpc) is 3.82. The number of benzene rings is 2. The van der Waals surface area contributed by atoms with Gasteiger partial charge in [0.05, 0.1) is 23.7 Å². The molecule has 2 aromatic heterocycles. The van der Waals surface area contributed by atoms with Gasteiger partial charge in [0.2, 0.25) is 0 Å². The van der Waals surface area contributed by atoms with Gasteiger partial charge in [0.1, 0.15) is 11.6 Å². The molecule has 3 aliphatic rings. The number of phenols is 1. The molecule has 0 amide bonds. The van der Waals surface area contributed by atoms with Crippen LogP contribution >= 0.6 is 0 Å². The van der Waals surface area contributed by atoms with E-state index in [0.29, 0.717) is 67.1 Å². The number of pyridine rings is 1. The molecule has 7 rings (SSSR count). The lowest BCUT2D eigenvalue weighted by molar-refractivity contribution is -0.269. The zero-order chi connectivity index (χ0) is 43.8. The van der Waals surface area contributed by atoms with Crippen LogP contribution in [-0.4, -0.2) is 59.3 Å². The van der Waals surface area contributed by atoms with Crippen molar-refractivity contribution in [2.24, 2.45) is 41.4 Å². The maximum absolute atomic E-state index is 13.2. The molecule has 0 unspecified atom stereocenters. The quantitative estimate of drug-likeness (QED) is 0.0337. The zero-order valence-corrected chi connectivity index (χ0v) is 36.1. The number of H-pyrrole nitrogens is 1. The van der Waals surface area contributed by atoms with E-state index in [0.717, 1.165) is 48.9 Å². The Morgan fingerprint density at radius 3 is 2.50 bits per heavy atom. The number of unbranched alkanes of at least 4 members (excludes halogenated alkanes) is 4. The Labute approximate surface area is 366 Å². The fourth-order valence-electron chi connectivity index (χ4n) is 11.0. The summed E-state index contributed by atoms with van der Waals surface area (Å²) >= 11 is 0. The third-order valence-corrected chi connectivity index (χ3v) is 14.3. The number of carboxylic acids is 1. The number of aliphatic hydroxyl groups excluding tert-OH is 2. The summed E-state index contributed by atoms with van der Waals surface area (Å²) in [5.74, 6) is -2.30. The second-order valence-corrected chi connectivity index (χ2v) is 18.7. The SMILES string of the molecule is CCCCC[C@@H]1C=C[C@@H](CCCCC[C@H](C(=O)O)[C@H](O)[C@@H]2C=C[C@H]3[C@@H](Cc4ccnc(N)c4)C[C@@H](Cc4ccc(-c5cc(O)cc([O-])c5Cc5ccccc5)[nH]4)[C@@]3(O)C2)[C@H](O)C1.